The van der Waals surface area contributed by atoms with Crippen molar-refractivity contribution in [1.29, 1.82) is 0 Å². The number of carbonyl (C=O) groups is 1. The number of hydrogen-bond acceptors (Lipinski definition) is 2. The monoisotopic (exact) mass is 298 g/mol. The van der Waals surface area contributed by atoms with Crippen LogP contribution in [0.2, 0.25) is 0 Å². The molecule has 0 bridgehead atoms. The van der Waals surface area contributed by atoms with E-state index in [9.17, 15) is 4.79 Å². The molecule has 0 saturated carbocycles. The molecule has 0 aromatic carbocycles. The van der Waals surface area contributed by atoms with E-state index in [2.05, 4.69) is 27.7 Å². The molecule has 0 radical (unpaired) electrons. The van der Waals surface area contributed by atoms with E-state index in [4.69, 9.17) is 4.74 Å². The highest BCUT2D eigenvalue weighted by molar-refractivity contribution is 5.69. The van der Waals surface area contributed by atoms with Crippen molar-refractivity contribution in [2.24, 2.45) is 11.8 Å². The van der Waals surface area contributed by atoms with Crippen LogP contribution in [0.5, 0.6) is 0 Å². The zero-order chi connectivity index (χ0) is 15.9. The summed E-state index contributed by atoms with van der Waals surface area (Å²) >= 11 is 0. The van der Waals surface area contributed by atoms with Gasteiger partial charge in [0.05, 0.1) is 6.61 Å². The number of rotatable bonds is 14. The van der Waals surface area contributed by atoms with E-state index in [-0.39, 0.29) is 5.97 Å². The van der Waals surface area contributed by atoms with Gasteiger partial charge in [-0.2, -0.15) is 0 Å². The summed E-state index contributed by atoms with van der Waals surface area (Å²) in [6, 6.07) is 0. The van der Waals surface area contributed by atoms with Gasteiger partial charge in [-0.15, -0.1) is 0 Å². The first-order valence-electron chi connectivity index (χ1n) is 9.18. The lowest BCUT2D eigenvalue weighted by Crippen LogP contribution is -2.05. The Bertz CT molecular complexity index is 234. The van der Waals surface area contributed by atoms with Crippen LogP contribution in [0, 0.1) is 11.8 Å². The highest BCUT2D eigenvalue weighted by atomic mass is 16.5. The summed E-state index contributed by atoms with van der Waals surface area (Å²) in [5, 5.41) is 0. The van der Waals surface area contributed by atoms with Crippen LogP contribution in [0.3, 0.4) is 0 Å². The maximum atomic E-state index is 11.5. The van der Waals surface area contributed by atoms with Gasteiger partial charge in [-0.25, -0.2) is 0 Å². The fourth-order valence-corrected chi connectivity index (χ4v) is 2.44. The first kappa shape index (κ1) is 20.5. The maximum Gasteiger partial charge on any atom is 0.305 e. The summed E-state index contributed by atoms with van der Waals surface area (Å²) in [5.41, 5.74) is 0. The smallest absolute Gasteiger partial charge is 0.305 e. The molecule has 0 spiro atoms. The molecular weight excluding hydrogens is 260 g/mol. The second-order valence-corrected chi connectivity index (χ2v) is 7.16. The van der Waals surface area contributed by atoms with Crippen LogP contribution in [-0.2, 0) is 9.53 Å². The van der Waals surface area contributed by atoms with E-state index in [1.165, 1.54) is 51.4 Å². The lowest BCUT2D eigenvalue weighted by molar-refractivity contribution is -0.143. The third kappa shape index (κ3) is 17.4. The zero-order valence-electron chi connectivity index (χ0n) is 15.0. The molecule has 0 aromatic heterocycles. The predicted molar refractivity (Wildman–Crippen MR) is 91.4 cm³/mol. The molecule has 2 nitrogen and oxygen atoms in total. The topological polar surface area (TPSA) is 26.3 Å². The molecule has 0 aliphatic rings. The van der Waals surface area contributed by atoms with Crippen LogP contribution < -0.4 is 0 Å². The van der Waals surface area contributed by atoms with Crippen LogP contribution in [0.1, 0.15) is 98.3 Å². The van der Waals surface area contributed by atoms with Gasteiger partial charge in [0.25, 0.3) is 0 Å². The van der Waals surface area contributed by atoms with Crippen molar-refractivity contribution in [2.45, 2.75) is 98.3 Å². The Morgan fingerprint density at radius 3 is 1.76 bits per heavy atom. The van der Waals surface area contributed by atoms with Gasteiger partial charge in [-0.1, -0.05) is 79.1 Å². The second-order valence-electron chi connectivity index (χ2n) is 7.16. The quantitative estimate of drug-likeness (QED) is 0.285. The fraction of sp³-hybridized carbons (Fsp3) is 0.947. The third-order valence-corrected chi connectivity index (χ3v) is 3.85. The van der Waals surface area contributed by atoms with Gasteiger partial charge >= 0.3 is 5.97 Å². The van der Waals surface area contributed by atoms with Crippen LogP contribution in [-0.4, -0.2) is 12.6 Å². The molecule has 0 rings (SSSR count). The molecule has 0 aliphatic carbocycles. The molecule has 0 saturated heterocycles. The first-order valence-corrected chi connectivity index (χ1v) is 9.18. The van der Waals surface area contributed by atoms with Gasteiger partial charge in [0.2, 0.25) is 0 Å². The van der Waals surface area contributed by atoms with Crippen molar-refractivity contribution in [2.75, 3.05) is 6.61 Å². The molecular formula is C19H38O2. The van der Waals surface area contributed by atoms with Crippen LogP contribution in [0.25, 0.3) is 0 Å². The summed E-state index contributed by atoms with van der Waals surface area (Å²) in [6.07, 6.45) is 12.7. The first-order chi connectivity index (χ1) is 10.0. The molecule has 126 valence electrons. The average Bonchev–Trinajstić information content (AvgIpc) is 2.41. The summed E-state index contributed by atoms with van der Waals surface area (Å²) < 4.78 is 5.27. The second kappa shape index (κ2) is 14.4. The number of ether oxygens (including phenoxy) is 1. The van der Waals surface area contributed by atoms with Crippen LogP contribution in [0.4, 0.5) is 0 Å². The highest BCUT2D eigenvalue weighted by Gasteiger charge is 2.03. The van der Waals surface area contributed by atoms with E-state index in [0.29, 0.717) is 13.0 Å². The Labute approximate surface area is 133 Å². The lowest BCUT2D eigenvalue weighted by atomic mass is 10.0. The standard InChI is InChI=1S/C19H38O2/c1-17(2)13-9-6-5-7-11-15-19(20)21-16-12-8-10-14-18(3)4/h17-18H,5-16H2,1-4H3. The zero-order valence-corrected chi connectivity index (χ0v) is 15.0. The number of unbranched alkanes of at least 4 members (excludes halogenated alkanes) is 6. The number of esters is 1. The van der Waals surface area contributed by atoms with E-state index < -0.39 is 0 Å². The van der Waals surface area contributed by atoms with Gasteiger partial charge in [0, 0.05) is 6.42 Å². The Kier molecular flexibility index (Phi) is 14.0. The molecule has 21 heavy (non-hydrogen) atoms. The molecule has 0 amide bonds. The Morgan fingerprint density at radius 2 is 1.19 bits per heavy atom. The molecule has 0 fully saturated rings. The minimum absolute atomic E-state index is 0.000963. The van der Waals surface area contributed by atoms with E-state index >= 15 is 0 Å². The minimum atomic E-state index is 0.000963. The lowest BCUT2D eigenvalue weighted by Gasteiger charge is -2.06. The molecule has 0 aromatic rings. The van der Waals surface area contributed by atoms with Gasteiger partial charge in [-0.3, -0.25) is 4.79 Å². The van der Waals surface area contributed by atoms with Crippen LogP contribution >= 0.6 is 0 Å². The van der Waals surface area contributed by atoms with Crippen molar-refractivity contribution in [3.8, 4) is 0 Å². The third-order valence-electron chi connectivity index (χ3n) is 3.85. The van der Waals surface area contributed by atoms with Crippen molar-refractivity contribution in [3.63, 3.8) is 0 Å². The predicted octanol–water partition coefficient (Wildman–Crippen LogP) is 6.13. The van der Waals surface area contributed by atoms with E-state index in [1.807, 2.05) is 0 Å². The molecule has 2 heteroatoms. The number of carbonyl (C=O) groups excluding carboxylic acids is 1. The SMILES string of the molecule is CC(C)CCCCCCCC(=O)OCCCCCC(C)C. The average molecular weight is 299 g/mol. The van der Waals surface area contributed by atoms with Crippen molar-refractivity contribution in [1.82, 2.24) is 0 Å². The molecule has 0 unspecified atom stereocenters. The van der Waals surface area contributed by atoms with E-state index in [1.54, 1.807) is 0 Å². The summed E-state index contributed by atoms with van der Waals surface area (Å²) in [6.45, 7) is 9.68. The minimum Gasteiger partial charge on any atom is -0.466 e. The Hall–Kier alpha value is -0.530. The Morgan fingerprint density at radius 1 is 0.714 bits per heavy atom. The molecule has 0 heterocycles. The van der Waals surface area contributed by atoms with Gasteiger partial charge in [-0.05, 0) is 24.7 Å². The molecule has 0 aliphatic heterocycles. The van der Waals surface area contributed by atoms with Gasteiger partial charge in [0.1, 0.15) is 0 Å². The Balaban J connectivity index is 3.20. The summed E-state index contributed by atoms with van der Waals surface area (Å²) in [7, 11) is 0. The summed E-state index contributed by atoms with van der Waals surface area (Å²) in [5.74, 6) is 1.61. The highest BCUT2D eigenvalue weighted by Crippen LogP contribution is 2.12. The van der Waals surface area contributed by atoms with Crippen molar-refractivity contribution in [3.05, 3.63) is 0 Å². The number of hydrogen-bond donors (Lipinski definition) is 0. The normalized spacial score (nSPS) is 11.3. The van der Waals surface area contributed by atoms with E-state index in [0.717, 1.165) is 24.7 Å². The molecule has 0 N–H and O–H groups in total. The van der Waals surface area contributed by atoms with Crippen molar-refractivity contribution < 1.29 is 9.53 Å². The fourth-order valence-electron chi connectivity index (χ4n) is 2.44. The van der Waals surface area contributed by atoms with Crippen LogP contribution in [0.15, 0.2) is 0 Å². The molecule has 0 atom stereocenters. The summed E-state index contributed by atoms with van der Waals surface area (Å²) in [4.78, 5) is 11.5. The van der Waals surface area contributed by atoms with Crippen molar-refractivity contribution >= 4 is 5.97 Å². The van der Waals surface area contributed by atoms with Gasteiger partial charge in [0.15, 0.2) is 0 Å². The largest absolute Gasteiger partial charge is 0.466 e. The van der Waals surface area contributed by atoms with Gasteiger partial charge < -0.3 is 4.74 Å². The maximum absolute atomic E-state index is 11.5.